The molecule has 8 N–H and O–H groups in total. The molecule has 2 aliphatic rings. The van der Waals surface area contributed by atoms with Crippen molar-refractivity contribution in [3.8, 4) is 0 Å². The van der Waals surface area contributed by atoms with Gasteiger partial charge in [0.2, 0.25) is 11.6 Å². The third kappa shape index (κ3) is 4.96. The molecule has 0 saturated carbocycles. The van der Waals surface area contributed by atoms with Gasteiger partial charge in [0.05, 0.1) is 13.2 Å². The predicted molar refractivity (Wildman–Crippen MR) is 90.1 cm³/mol. The van der Waals surface area contributed by atoms with Gasteiger partial charge in [-0.15, -0.1) is 0 Å². The summed E-state index contributed by atoms with van der Waals surface area (Å²) in [6.07, 6.45) is -14.3. The van der Waals surface area contributed by atoms with E-state index in [0.29, 0.717) is 0 Å². The number of aliphatic hydroxyl groups excluding tert-OH is 8. The fourth-order valence-electron chi connectivity index (χ4n) is 3.35. The lowest BCUT2D eigenvalue weighted by Gasteiger charge is -2.50. The second kappa shape index (κ2) is 9.97. The Bertz CT molecular complexity index is 643. The first-order valence-electron chi connectivity index (χ1n) is 9.13. The highest BCUT2D eigenvalue weighted by Crippen LogP contribution is 2.42. The van der Waals surface area contributed by atoms with Crippen LogP contribution in [0.1, 0.15) is 13.3 Å². The van der Waals surface area contributed by atoms with Crippen LogP contribution < -0.4 is 0 Å². The van der Waals surface area contributed by atoms with Crippen molar-refractivity contribution in [2.24, 2.45) is 0 Å². The number of carbonyl (C=O) groups excluding carboxylic acids is 2. The number of hydrogen-bond acceptors (Lipinski definition) is 15. The highest BCUT2D eigenvalue weighted by molar-refractivity contribution is 5.72. The fraction of sp³-hybridized carbons (Fsp3) is 0.875. The van der Waals surface area contributed by atoms with Gasteiger partial charge in [0.15, 0.2) is 0 Å². The van der Waals surface area contributed by atoms with E-state index in [2.05, 4.69) is 9.78 Å². The molecule has 0 aromatic heterocycles. The smallest absolute Gasteiger partial charge is 0.361 e. The molecular weight excluding hydrogens is 432 g/mol. The molecule has 1 unspecified atom stereocenters. The molecule has 0 amide bonds. The molecule has 2 fully saturated rings. The van der Waals surface area contributed by atoms with E-state index < -0.39 is 92.5 Å². The van der Waals surface area contributed by atoms with E-state index in [1.54, 1.807) is 0 Å². The summed E-state index contributed by atoms with van der Waals surface area (Å²) in [7, 11) is 0. The van der Waals surface area contributed by atoms with Crippen LogP contribution in [0.5, 0.6) is 0 Å². The topological polar surface area (TPSA) is 242 Å². The molecule has 0 aromatic rings. The Kier molecular flexibility index (Phi) is 8.28. The van der Waals surface area contributed by atoms with Gasteiger partial charge in [0.25, 0.3) is 0 Å². The SMILES string of the molecule is CC(=O)OOC(=O)C[C@@]1(OC2(CO)O[C@H](CO)[C@@H](O)[C@@H]2O)O[C@H](CO)[C@@H](O)[C@H](O)[C@H]1O. The number of rotatable bonds is 7. The van der Waals surface area contributed by atoms with Crippen LogP contribution in [0, 0.1) is 0 Å². The third-order valence-electron chi connectivity index (χ3n) is 4.93. The standard InChI is InChI=1S/C16H26O15/c1-6(20)29-30-9(21)2-15(14(26)12(24)10(22)7(3-17)27-15)31-16(5-19)13(25)11(23)8(4-18)28-16/h7-8,10-14,17-19,22-26H,2-5H2,1H3/t7-,8-,10-,11-,12+,13+,14-,15+,16?/m1/s1. The summed E-state index contributed by atoms with van der Waals surface area (Å²) < 4.78 is 16.0. The molecule has 2 saturated heterocycles. The first kappa shape index (κ1) is 25.8. The Labute approximate surface area is 174 Å². The lowest BCUT2D eigenvalue weighted by Crippen LogP contribution is -2.70. The molecular formula is C16H26O15. The van der Waals surface area contributed by atoms with E-state index in [4.69, 9.17) is 14.2 Å². The Morgan fingerprint density at radius 3 is 1.81 bits per heavy atom. The van der Waals surface area contributed by atoms with Crippen molar-refractivity contribution in [3.63, 3.8) is 0 Å². The van der Waals surface area contributed by atoms with Crippen LogP contribution in [-0.2, 0) is 33.6 Å². The maximum absolute atomic E-state index is 12.2. The van der Waals surface area contributed by atoms with Crippen LogP contribution >= 0.6 is 0 Å². The summed E-state index contributed by atoms with van der Waals surface area (Å²) in [6.45, 7) is -2.06. The van der Waals surface area contributed by atoms with Gasteiger partial charge >= 0.3 is 11.9 Å². The Hall–Kier alpha value is -1.50. The van der Waals surface area contributed by atoms with Gasteiger partial charge in [0, 0.05) is 6.92 Å². The van der Waals surface area contributed by atoms with Crippen molar-refractivity contribution >= 4 is 11.9 Å². The van der Waals surface area contributed by atoms with Gasteiger partial charge in [-0.2, -0.15) is 0 Å². The minimum atomic E-state index is -2.77. The summed E-state index contributed by atoms with van der Waals surface area (Å²) in [5.41, 5.74) is 0. The summed E-state index contributed by atoms with van der Waals surface area (Å²) >= 11 is 0. The lowest BCUT2D eigenvalue weighted by molar-refractivity contribution is -0.434. The van der Waals surface area contributed by atoms with E-state index in [9.17, 15) is 50.4 Å². The van der Waals surface area contributed by atoms with Gasteiger partial charge in [-0.1, -0.05) is 0 Å². The molecule has 0 aromatic carbocycles. The zero-order valence-corrected chi connectivity index (χ0v) is 16.3. The average Bonchev–Trinajstić information content (AvgIpc) is 2.98. The van der Waals surface area contributed by atoms with Crippen molar-refractivity contribution in [1.29, 1.82) is 0 Å². The Morgan fingerprint density at radius 1 is 0.806 bits per heavy atom. The lowest BCUT2D eigenvalue weighted by atomic mass is 9.90. The molecule has 15 nitrogen and oxygen atoms in total. The van der Waals surface area contributed by atoms with Crippen LogP contribution in [0.25, 0.3) is 0 Å². The molecule has 180 valence electrons. The number of hydrogen-bond donors (Lipinski definition) is 8. The normalized spacial score (nSPS) is 42.9. The van der Waals surface area contributed by atoms with E-state index in [0.717, 1.165) is 6.92 Å². The fourth-order valence-corrected chi connectivity index (χ4v) is 3.35. The zero-order chi connectivity index (χ0) is 23.6. The van der Waals surface area contributed by atoms with E-state index in [1.807, 2.05) is 0 Å². The quantitative estimate of drug-likeness (QED) is 0.131. The maximum atomic E-state index is 12.2. The van der Waals surface area contributed by atoms with Gasteiger partial charge < -0.3 is 55.1 Å². The van der Waals surface area contributed by atoms with E-state index in [1.165, 1.54) is 0 Å². The van der Waals surface area contributed by atoms with Crippen molar-refractivity contribution < 1.29 is 74.4 Å². The van der Waals surface area contributed by atoms with Crippen molar-refractivity contribution in [2.45, 2.75) is 67.6 Å². The zero-order valence-electron chi connectivity index (χ0n) is 16.3. The summed E-state index contributed by atoms with van der Waals surface area (Å²) in [5.74, 6) is -7.80. The van der Waals surface area contributed by atoms with Gasteiger partial charge in [0.1, 0.15) is 55.8 Å². The molecule has 31 heavy (non-hydrogen) atoms. The summed E-state index contributed by atoms with van der Waals surface area (Å²) in [5, 5.41) is 79.6. The monoisotopic (exact) mass is 458 g/mol. The molecule has 2 rings (SSSR count). The first-order chi connectivity index (χ1) is 14.5. The molecule has 0 bridgehead atoms. The second-order valence-corrected chi connectivity index (χ2v) is 7.13. The Morgan fingerprint density at radius 2 is 1.32 bits per heavy atom. The molecule has 0 aliphatic carbocycles. The highest BCUT2D eigenvalue weighted by atomic mass is 17.2. The van der Waals surface area contributed by atoms with Crippen LogP contribution in [0.4, 0.5) is 0 Å². The molecule has 0 radical (unpaired) electrons. The third-order valence-corrected chi connectivity index (χ3v) is 4.93. The molecule has 15 heteroatoms. The molecule has 9 atom stereocenters. The molecule has 2 aliphatic heterocycles. The first-order valence-corrected chi connectivity index (χ1v) is 9.13. The number of ether oxygens (including phenoxy) is 3. The predicted octanol–water partition coefficient (Wildman–Crippen LogP) is -5.61. The summed E-state index contributed by atoms with van der Waals surface area (Å²) in [4.78, 5) is 31.3. The summed E-state index contributed by atoms with van der Waals surface area (Å²) in [6, 6.07) is 0. The van der Waals surface area contributed by atoms with Crippen molar-refractivity contribution in [2.75, 3.05) is 19.8 Å². The van der Waals surface area contributed by atoms with Gasteiger partial charge in [-0.05, 0) is 0 Å². The molecule has 0 spiro atoms. The molecule has 2 heterocycles. The van der Waals surface area contributed by atoms with Crippen LogP contribution in [0.3, 0.4) is 0 Å². The van der Waals surface area contributed by atoms with Gasteiger partial charge in [-0.3, -0.25) is 0 Å². The average molecular weight is 458 g/mol. The maximum Gasteiger partial charge on any atom is 0.361 e. The van der Waals surface area contributed by atoms with Crippen LogP contribution in [0.15, 0.2) is 0 Å². The van der Waals surface area contributed by atoms with E-state index >= 15 is 0 Å². The highest BCUT2D eigenvalue weighted by Gasteiger charge is 2.64. The number of carbonyl (C=O) groups is 2. The van der Waals surface area contributed by atoms with Crippen LogP contribution in [0.2, 0.25) is 0 Å². The Balaban J connectivity index is 2.44. The van der Waals surface area contributed by atoms with Gasteiger partial charge in [-0.25, -0.2) is 19.4 Å². The minimum Gasteiger partial charge on any atom is -0.394 e. The minimum absolute atomic E-state index is 0.825. The van der Waals surface area contributed by atoms with Crippen molar-refractivity contribution in [3.05, 3.63) is 0 Å². The van der Waals surface area contributed by atoms with Crippen LogP contribution in [-0.4, -0.2) is 127 Å². The number of aliphatic hydroxyl groups is 8. The largest absolute Gasteiger partial charge is 0.394 e. The van der Waals surface area contributed by atoms with Crippen molar-refractivity contribution in [1.82, 2.24) is 0 Å². The second-order valence-electron chi connectivity index (χ2n) is 7.13. The van der Waals surface area contributed by atoms with E-state index in [-0.39, 0.29) is 0 Å².